The van der Waals surface area contributed by atoms with E-state index in [-0.39, 0.29) is 11.6 Å². The van der Waals surface area contributed by atoms with E-state index < -0.39 is 0 Å². The topological polar surface area (TPSA) is 30.5 Å². The summed E-state index contributed by atoms with van der Waals surface area (Å²) in [7, 11) is 1.71. The van der Waals surface area contributed by atoms with Crippen molar-refractivity contribution in [2.45, 2.75) is 58.6 Å². The molecule has 0 bridgehead atoms. The van der Waals surface area contributed by atoms with Gasteiger partial charge in [0, 0.05) is 6.61 Å². The second kappa shape index (κ2) is 9.06. The zero-order chi connectivity index (χ0) is 15.7. The van der Waals surface area contributed by atoms with E-state index in [1.807, 2.05) is 6.07 Å². The highest BCUT2D eigenvalue weighted by molar-refractivity contribution is 5.32. The molecule has 3 nitrogen and oxygen atoms in total. The van der Waals surface area contributed by atoms with Crippen LogP contribution in [0.5, 0.6) is 5.75 Å². The Morgan fingerprint density at radius 2 is 1.86 bits per heavy atom. The van der Waals surface area contributed by atoms with E-state index in [1.165, 1.54) is 5.56 Å². The van der Waals surface area contributed by atoms with Crippen LogP contribution in [0.15, 0.2) is 24.3 Å². The zero-order valence-corrected chi connectivity index (χ0v) is 14.2. The third-order valence-electron chi connectivity index (χ3n) is 4.18. The molecule has 21 heavy (non-hydrogen) atoms. The Morgan fingerprint density at radius 3 is 2.38 bits per heavy atom. The molecule has 0 radical (unpaired) electrons. The first-order valence-corrected chi connectivity index (χ1v) is 8.18. The number of hydrogen-bond acceptors (Lipinski definition) is 3. The van der Waals surface area contributed by atoms with Gasteiger partial charge in [-0.2, -0.15) is 0 Å². The minimum Gasteiger partial charge on any atom is -0.497 e. The number of hydrogen-bond donors (Lipinski definition) is 1. The van der Waals surface area contributed by atoms with E-state index in [1.54, 1.807) is 7.11 Å². The average molecular weight is 293 g/mol. The Balaban J connectivity index is 3.17. The summed E-state index contributed by atoms with van der Waals surface area (Å²) in [4.78, 5) is 0. The van der Waals surface area contributed by atoms with Crippen molar-refractivity contribution in [1.82, 2.24) is 5.32 Å². The third kappa shape index (κ3) is 4.45. The van der Waals surface area contributed by atoms with Crippen LogP contribution in [0.25, 0.3) is 0 Å². The summed E-state index contributed by atoms with van der Waals surface area (Å²) >= 11 is 0. The van der Waals surface area contributed by atoms with Crippen LogP contribution in [0.1, 0.15) is 58.6 Å². The molecule has 0 amide bonds. The summed E-state index contributed by atoms with van der Waals surface area (Å²) in [5.74, 6) is 0.897. The van der Waals surface area contributed by atoms with E-state index in [4.69, 9.17) is 9.47 Å². The molecule has 0 aliphatic carbocycles. The summed E-state index contributed by atoms with van der Waals surface area (Å²) in [6.45, 7) is 10.4. The van der Waals surface area contributed by atoms with Gasteiger partial charge >= 0.3 is 0 Å². The lowest BCUT2D eigenvalue weighted by Gasteiger charge is -2.40. The van der Waals surface area contributed by atoms with Crippen LogP contribution >= 0.6 is 0 Å². The standard InChI is InChI=1S/C18H31NO2/c1-6-13-19-17(18(7-2,8-3)21-9-4)15-11-10-12-16(14-15)20-5/h10-12,14,17,19H,6-9,13H2,1-5H3. The molecule has 1 N–H and O–H groups in total. The average Bonchev–Trinajstić information content (AvgIpc) is 2.54. The smallest absolute Gasteiger partial charge is 0.119 e. The maximum absolute atomic E-state index is 6.21. The Morgan fingerprint density at radius 1 is 1.14 bits per heavy atom. The molecule has 0 heterocycles. The predicted molar refractivity (Wildman–Crippen MR) is 89.0 cm³/mol. The molecule has 1 atom stereocenters. The quantitative estimate of drug-likeness (QED) is 0.696. The second-order valence-electron chi connectivity index (χ2n) is 5.37. The SMILES string of the molecule is CCCNC(c1cccc(OC)c1)C(CC)(CC)OCC. The molecule has 120 valence electrons. The normalized spacial score (nSPS) is 13.2. The highest BCUT2D eigenvalue weighted by Gasteiger charge is 2.37. The van der Waals surface area contributed by atoms with Crippen LogP contribution in [0.3, 0.4) is 0 Å². The van der Waals surface area contributed by atoms with Gasteiger partial charge in [-0.25, -0.2) is 0 Å². The van der Waals surface area contributed by atoms with Gasteiger partial charge in [0.2, 0.25) is 0 Å². The van der Waals surface area contributed by atoms with Gasteiger partial charge in [0.15, 0.2) is 0 Å². The molecule has 0 saturated carbocycles. The largest absolute Gasteiger partial charge is 0.497 e. The Labute approximate surface area is 130 Å². The summed E-state index contributed by atoms with van der Waals surface area (Å²) in [5.41, 5.74) is 1.07. The van der Waals surface area contributed by atoms with Gasteiger partial charge in [-0.3, -0.25) is 0 Å². The summed E-state index contributed by atoms with van der Waals surface area (Å²) < 4.78 is 11.6. The van der Waals surface area contributed by atoms with Crippen molar-refractivity contribution in [3.63, 3.8) is 0 Å². The molecule has 1 unspecified atom stereocenters. The number of rotatable bonds is 10. The molecule has 1 rings (SSSR count). The van der Waals surface area contributed by atoms with Crippen molar-refractivity contribution in [3.8, 4) is 5.75 Å². The molecule has 1 aromatic rings. The maximum Gasteiger partial charge on any atom is 0.119 e. The van der Waals surface area contributed by atoms with Crippen LogP contribution in [0, 0.1) is 0 Å². The van der Waals surface area contributed by atoms with Gasteiger partial charge in [-0.15, -0.1) is 0 Å². The number of benzene rings is 1. The minimum absolute atomic E-state index is 0.170. The Bertz CT molecular complexity index is 402. The van der Waals surface area contributed by atoms with E-state index in [0.29, 0.717) is 0 Å². The van der Waals surface area contributed by atoms with Gasteiger partial charge in [0.1, 0.15) is 5.75 Å². The highest BCUT2D eigenvalue weighted by atomic mass is 16.5. The Kier molecular flexibility index (Phi) is 7.76. The molecule has 0 saturated heterocycles. The molecular weight excluding hydrogens is 262 g/mol. The highest BCUT2D eigenvalue weighted by Crippen LogP contribution is 2.36. The van der Waals surface area contributed by atoms with E-state index in [9.17, 15) is 0 Å². The van der Waals surface area contributed by atoms with E-state index >= 15 is 0 Å². The number of methoxy groups -OCH3 is 1. The molecule has 1 aromatic carbocycles. The summed E-state index contributed by atoms with van der Waals surface area (Å²) in [6, 6.07) is 8.50. The van der Waals surface area contributed by atoms with Gasteiger partial charge in [0.05, 0.1) is 18.8 Å². The lowest BCUT2D eigenvalue weighted by molar-refractivity contribution is -0.0733. The first kappa shape index (κ1) is 18.0. The first-order chi connectivity index (χ1) is 10.2. The fourth-order valence-electron chi connectivity index (χ4n) is 2.95. The predicted octanol–water partition coefficient (Wildman–Crippen LogP) is 4.33. The van der Waals surface area contributed by atoms with Crippen molar-refractivity contribution in [1.29, 1.82) is 0 Å². The second-order valence-corrected chi connectivity index (χ2v) is 5.37. The summed E-state index contributed by atoms with van der Waals surface area (Å²) in [6.07, 6.45) is 3.07. The lowest BCUT2D eigenvalue weighted by Crippen LogP contribution is -2.45. The Hall–Kier alpha value is -1.06. The fourth-order valence-corrected chi connectivity index (χ4v) is 2.95. The van der Waals surface area contributed by atoms with Gasteiger partial charge in [-0.1, -0.05) is 32.9 Å². The fraction of sp³-hybridized carbons (Fsp3) is 0.667. The van der Waals surface area contributed by atoms with Crippen LogP contribution in [0.4, 0.5) is 0 Å². The van der Waals surface area contributed by atoms with Gasteiger partial charge < -0.3 is 14.8 Å². The monoisotopic (exact) mass is 293 g/mol. The molecule has 0 aliphatic rings. The first-order valence-electron chi connectivity index (χ1n) is 8.18. The van der Waals surface area contributed by atoms with Crippen molar-refractivity contribution in [2.24, 2.45) is 0 Å². The van der Waals surface area contributed by atoms with Crippen molar-refractivity contribution < 1.29 is 9.47 Å². The lowest BCUT2D eigenvalue weighted by atomic mass is 9.83. The van der Waals surface area contributed by atoms with Crippen molar-refractivity contribution in [3.05, 3.63) is 29.8 Å². The van der Waals surface area contributed by atoms with Gasteiger partial charge in [0.25, 0.3) is 0 Å². The molecular formula is C18H31NO2. The van der Waals surface area contributed by atoms with Crippen LogP contribution in [-0.4, -0.2) is 25.9 Å². The molecule has 0 aliphatic heterocycles. The molecule has 0 spiro atoms. The van der Waals surface area contributed by atoms with E-state index in [2.05, 4.69) is 51.2 Å². The third-order valence-corrected chi connectivity index (χ3v) is 4.18. The molecule has 0 fully saturated rings. The molecule has 3 heteroatoms. The number of nitrogens with one attached hydrogen (secondary N) is 1. The minimum atomic E-state index is -0.170. The van der Waals surface area contributed by atoms with E-state index in [0.717, 1.165) is 38.2 Å². The van der Waals surface area contributed by atoms with Crippen LogP contribution in [-0.2, 0) is 4.74 Å². The molecule has 0 aromatic heterocycles. The maximum atomic E-state index is 6.21. The van der Waals surface area contributed by atoms with Crippen molar-refractivity contribution >= 4 is 0 Å². The number of ether oxygens (including phenoxy) is 2. The van der Waals surface area contributed by atoms with Crippen LogP contribution in [0.2, 0.25) is 0 Å². The van der Waals surface area contributed by atoms with Crippen molar-refractivity contribution in [2.75, 3.05) is 20.3 Å². The van der Waals surface area contributed by atoms with Gasteiger partial charge in [-0.05, 0) is 50.4 Å². The van der Waals surface area contributed by atoms with Crippen LogP contribution < -0.4 is 10.1 Å². The zero-order valence-electron chi connectivity index (χ0n) is 14.2. The summed E-state index contributed by atoms with van der Waals surface area (Å²) in [5, 5.41) is 3.68.